The first kappa shape index (κ1) is 14.9. The average molecular weight is 308 g/mol. The molecule has 1 heterocycles. The summed E-state index contributed by atoms with van der Waals surface area (Å²) >= 11 is 0. The second kappa shape index (κ2) is 6.40. The molecule has 0 spiro atoms. The van der Waals surface area contributed by atoms with Crippen LogP contribution in [0, 0.1) is 0 Å². The Morgan fingerprint density at radius 2 is 1.83 bits per heavy atom. The van der Waals surface area contributed by atoms with Crippen LogP contribution in [0.3, 0.4) is 0 Å². The highest BCUT2D eigenvalue weighted by Crippen LogP contribution is 2.33. The summed E-state index contributed by atoms with van der Waals surface area (Å²) in [4.78, 5) is 12.0. The maximum atomic E-state index is 12.0. The molecule has 0 radical (unpaired) electrons. The Morgan fingerprint density at radius 1 is 1.04 bits per heavy atom. The van der Waals surface area contributed by atoms with Crippen molar-refractivity contribution in [3.63, 3.8) is 0 Å². The number of benzene rings is 2. The summed E-state index contributed by atoms with van der Waals surface area (Å²) in [6, 6.07) is 17.4. The Kier molecular flexibility index (Phi) is 4.15. The molecule has 0 N–H and O–H groups in total. The van der Waals surface area contributed by atoms with E-state index in [4.69, 9.17) is 13.9 Å². The fourth-order valence-electron chi connectivity index (χ4n) is 2.47. The van der Waals surface area contributed by atoms with Crippen molar-refractivity contribution < 1.29 is 18.7 Å². The normalized spacial score (nSPS) is 11.5. The lowest BCUT2D eigenvalue weighted by Gasteiger charge is -2.06. The summed E-state index contributed by atoms with van der Waals surface area (Å²) in [5.41, 5.74) is 2.55. The van der Waals surface area contributed by atoms with E-state index in [1.165, 1.54) is 20.5 Å². The van der Waals surface area contributed by atoms with Crippen LogP contribution < -0.4 is 0 Å². The maximum Gasteiger partial charge on any atom is 0.341 e. The number of carbonyl (C=O) groups excluding carboxylic acids is 1. The molecule has 0 atom stereocenters. The predicted octanol–water partition coefficient (Wildman–Crippen LogP) is 4.26. The Morgan fingerprint density at radius 3 is 2.52 bits per heavy atom. The number of rotatable bonds is 4. The van der Waals surface area contributed by atoms with Crippen LogP contribution in [0.25, 0.3) is 27.9 Å². The van der Waals surface area contributed by atoms with Crippen LogP contribution in [0.5, 0.6) is 0 Å². The quantitative estimate of drug-likeness (QED) is 0.410. The van der Waals surface area contributed by atoms with Gasteiger partial charge in [-0.15, -0.1) is 0 Å². The zero-order valence-electron chi connectivity index (χ0n) is 12.9. The van der Waals surface area contributed by atoms with E-state index >= 15 is 0 Å². The number of carbonyl (C=O) groups is 1. The van der Waals surface area contributed by atoms with Crippen LogP contribution in [0.1, 0.15) is 5.56 Å². The first-order valence-corrected chi connectivity index (χ1v) is 7.14. The van der Waals surface area contributed by atoms with E-state index in [0.717, 1.165) is 16.7 Å². The highest BCUT2D eigenvalue weighted by Gasteiger charge is 2.19. The van der Waals surface area contributed by atoms with Crippen molar-refractivity contribution in [1.82, 2.24) is 0 Å². The average Bonchev–Trinajstić information content (AvgIpc) is 3.04. The molecule has 3 rings (SSSR count). The van der Waals surface area contributed by atoms with Gasteiger partial charge in [-0.05, 0) is 6.07 Å². The lowest BCUT2D eigenvalue weighted by atomic mass is 10.0. The molecular weight excluding hydrogens is 292 g/mol. The number of ether oxygens (including phenoxy) is 2. The zero-order valence-corrected chi connectivity index (χ0v) is 12.9. The Hall–Kier alpha value is -3.01. The molecule has 0 bridgehead atoms. The molecule has 0 aliphatic rings. The van der Waals surface area contributed by atoms with Crippen molar-refractivity contribution in [2.45, 2.75) is 0 Å². The van der Waals surface area contributed by atoms with Gasteiger partial charge >= 0.3 is 5.97 Å². The predicted molar refractivity (Wildman–Crippen MR) is 88.7 cm³/mol. The molecule has 0 aliphatic carbocycles. The number of hydrogen-bond donors (Lipinski definition) is 0. The highest BCUT2D eigenvalue weighted by molar-refractivity contribution is 6.19. The van der Waals surface area contributed by atoms with E-state index in [1.807, 2.05) is 54.6 Å². The molecule has 0 amide bonds. The van der Waals surface area contributed by atoms with E-state index in [1.54, 1.807) is 0 Å². The summed E-state index contributed by atoms with van der Waals surface area (Å²) in [7, 11) is 2.82. The van der Waals surface area contributed by atoms with Crippen molar-refractivity contribution >= 4 is 22.5 Å². The molecule has 4 nitrogen and oxygen atoms in total. The lowest BCUT2D eigenvalue weighted by Crippen LogP contribution is -2.04. The Balaban J connectivity index is 2.17. The smallest absolute Gasteiger partial charge is 0.341 e. The first-order valence-electron chi connectivity index (χ1n) is 7.14. The Bertz CT molecular complexity index is 859. The van der Waals surface area contributed by atoms with Gasteiger partial charge in [0.15, 0.2) is 0 Å². The first-order chi connectivity index (χ1) is 11.2. The summed E-state index contributed by atoms with van der Waals surface area (Å²) in [6.45, 7) is 0. The van der Waals surface area contributed by atoms with Crippen molar-refractivity contribution in [2.24, 2.45) is 0 Å². The third-order valence-electron chi connectivity index (χ3n) is 3.53. The van der Waals surface area contributed by atoms with Gasteiger partial charge in [0.05, 0.1) is 20.5 Å². The molecule has 3 aromatic rings. The summed E-state index contributed by atoms with van der Waals surface area (Å²) in [6.07, 6.45) is 1.37. The van der Waals surface area contributed by atoms with Crippen molar-refractivity contribution in [1.29, 1.82) is 0 Å². The third-order valence-corrected chi connectivity index (χ3v) is 3.53. The van der Waals surface area contributed by atoms with Gasteiger partial charge in [0.2, 0.25) is 0 Å². The number of furan rings is 1. The van der Waals surface area contributed by atoms with E-state index in [0.29, 0.717) is 16.7 Å². The maximum absolute atomic E-state index is 12.0. The molecule has 0 unspecified atom stereocenters. The van der Waals surface area contributed by atoms with Gasteiger partial charge < -0.3 is 13.9 Å². The molecule has 0 fully saturated rings. The topological polar surface area (TPSA) is 48.7 Å². The molecule has 2 aromatic carbocycles. The summed E-state index contributed by atoms with van der Waals surface area (Å²) in [5.74, 6) is 0.270. The molecule has 1 aromatic heterocycles. The second-order valence-electron chi connectivity index (χ2n) is 4.96. The number of para-hydroxylation sites is 1. The van der Waals surface area contributed by atoms with Crippen molar-refractivity contribution in [2.75, 3.05) is 14.2 Å². The van der Waals surface area contributed by atoms with Crippen LogP contribution in [-0.4, -0.2) is 20.2 Å². The van der Waals surface area contributed by atoms with Crippen LogP contribution in [-0.2, 0) is 14.3 Å². The van der Waals surface area contributed by atoms with Gasteiger partial charge in [-0.3, -0.25) is 0 Å². The molecule has 0 saturated heterocycles. The van der Waals surface area contributed by atoms with Gasteiger partial charge in [-0.2, -0.15) is 0 Å². The lowest BCUT2D eigenvalue weighted by molar-refractivity contribution is -0.133. The van der Waals surface area contributed by atoms with Gasteiger partial charge in [-0.25, -0.2) is 4.79 Å². The summed E-state index contributed by atoms with van der Waals surface area (Å²) < 4.78 is 15.9. The van der Waals surface area contributed by atoms with E-state index in [2.05, 4.69) is 0 Å². The third kappa shape index (κ3) is 2.83. The fourth-order valence-corrected chi connectivity index (χ4v) is 2.47. The van der Waals surface area contributed by atoms with Crippen molar-refractivity contribution in [3.05, 3.63) is 66.4 Å². The largest absolute Gasteiger partial charge is 0.503 e. The zero-order chi connectivity index (χ0) is 16.2. The number of hydrogen-bond acceptors (Lipinski definition) is 4. The SMILES string of the molecule is CO/C=C(/C(=O)OC)c1cccc2cc(-c3ccccc3)oc12. The van der Waals surface area contributed by atoms with Crippen LogP contribution in [0.15, 0.2) is 65.3 Å². The van der Waals surface area contributed by atoms with E-state index in [-0.39, 0.29) is 0 Å². The van der Waals surface area contributed by atoms with Crippen LogP contribution in [0.2, 0.25) is 0 Å². The second-order valence-corrected chi connectivity index (χ2v) is 4.96. The number of fused-ring (bicyclic) bond motifs is 1. The van der Waals surface area contributed by atoms with E-state index < -0.39 is 5.97 Å². The molecule has 0 saturated carbocycles. The van der Waals surface area contributed by atoms with E-state index in [9.17, 15) is 4.79 Å². The van der Waals surface area contributed by atoms with Gasteiger partial charge in [0.1, 0.15) is 16.9 Å². The standard InChI is InChI=1S/C19H16O4/c1-21-12-16(19(20)22-2)15-10-6-9-14-11-17(23-18(14)15)13-7-4-3-5-8-13/h3-12H,1-2H3/b16-12+. The monoisotopic (exact) mass is 308 g/mol. The highest BCUT2D eigenvalue weighted by atomic mass is 16.5. The molecule has 4 heteroatoms. The van der Waals surface area contributed by atoms with Crippen LogP contribution in [0.4, 0.5) is 0 Å². The minimum atomic E-state index is -0.475. The molecule has 23 heavy (non-hydrogen) atoms. The minimum Gasteiger partial charge on any atom is -0.503 e. The molecule has 0 aliphatic heterocycles. The van der Waals surface area contributed by atoms with Crippen molar-refractivity contribution in [3.8, 4) is 11.3 Å². The number of esters is 1. The minimum absolute atomic E-state index is 0.314. The van der Waals surface area contributed by atoms with Gasteiger partial charge in [0.25, 0.3) is 0 Å². The molecular formula is C19H16O4. The van der Waals surface area contributed by atoms with Gasteiger partial charge in [0, 0.05) is 16.5 Å². The molecule has 116 valence electrons. The Labute approximate surface area is 133 Å². The van der Waals surface area contributed by atoms with Crippen LogP contribution >= 0.6 is 0 Å². The van der Waals surface area contributed by atoms with Gasteiger partial charge in [-0.1, -0.05) is 48.5 Å². The summed E-state index contributed by atoms with van der Waals surface area (Å²) in [5, 5.41) is 0.909. The number of methoxy groups -OCH3 is 2. The fraction of sp³-hybridized carbons (Fsp3) is 0.105.